The minimum atomic E-state index is -0.565. The highest BCUT2D eigenvalue weighted by atomic mass is 16.7. The molecule has 1 aromatic heterocycles. The molecule has 3 aliphatic rings. The summed E-state index contributed by atoms with van der Waals surface area (Å²) >= 11 is 0. The maximum atomic E-state index is 6.20. The van der Waals surface area contributed by atoms with E-state index < -0.39 is 5.79 Å². The molecule has 1 aromatic carbocycles. The third-order valence-electron chi connectivity index (χ3n) is 5.61. The van der Waals surface area contributed by atoms with E-state index in [2.05, 4.69) is 21.9 Å². The van der Waals surface area contributed by atoms with Crippen LogP contribution in [-0.4, -0.2) is 67.9 Å². The lowest BCUT2D eigenvalue weighted by atomic mass is 10.2. The Balaban J connectivity index is 1.44. The van der Waals surface area contributed by atoms with Crippen molar-refractivity contribution in [3.8, 4) is 5.88 Å². The summed E-state index contributed by atoms with van der Waals surface area (Å²) in [6.07, 6.45) is 0.736. The van der Waals surface area contributed by atoms with E-state index in [9.17, 15) is 0 Å². The molecule has 1 unspecified atom stereocenters. The molecule has 0 bridgehead atoms. The van der Waals surface area contributed by atoms with Crippen molar-refractivity contribution in [1.82, 2.24) is 9.97 Å². The SMILES string of the molecule is CC1(C)OCC(COc2nc(N3CCOCC3)nc3c2CCN3c2ccccc2)O1. The Kier molecular flexibility index (Phi) is 5.22. The number of aromatic nitrogens is 2. The van der Waals surface area contributed by atoms with E-state index >= 15 is 0 Å². The van der Waals surface area contributed by atoms with E-state index in [4.69, 9.17) is 28.9 Å². The summed E-state index contributed by atoms with van der Waals surface area (Å²) in [7, 11) is 0. The van der Waals surface area contributed by atoms with Crippen molar-refractivity contribution in [2.45, 2.75) is 32.2 Å². The molecule has 30 heavy (non-hydrogen) atoms. The van der Waals surface area contributed by atoms with E-state index in [0.717, 1.165) is 43.1 Å². The summed E-state index contributed by atoms with van der Waals surface area (Å²) in [6.45, 7) is 8.53. The van der Waals surface area contributed by atoms with Crippen molar-refractivity contribution >= 4 is 17.5 Å². The van der Waals surface area contributed by atoms with Gasteiger partial charge in [-0.05, 0) is 32.4 Å². The first-order valence-electron chi connectivity index (χ1n) is 10.6. The first kappa shape index (κ1) is 19.5. The van der Waals surface area contributed by atoms with Crippen LogP contribution < -0.4 is 14.5 Å². The van der Waals surface area contributed by atoms with Gasteiger partial charge in [0.15, 0.2) is 5.79 Å². The number of hydrogen-bond donors (Lipinski definition) is 0. The largest absolute Gasteiger partial charge is 0.474 e. The highest BCUT2D eigenvalue weighted by Crippen LogP contribution is 2.38. The summed E-state index contributed by atoms with van der Waals surface area (Å²) in [6, 6.07) is 10.3. The Morgan fingerprint density at radius 1 is 1.10 bits per heavy atom. The molecule has 160 valence electrons. The molecule has 5 rings (SSSR count). The number of anilines is 3. The topological polar surface area (TPSA) is 69.2 Å². The van der Waals surface area contributed by atoms with Gasteiger partial charge < -0.3 is 28.7 Å². The van der Waals surface area contributed by atoms with Crippen LogP contribution in [-0.2, 0) is 20.6 Å². The van der Waals surface area contributed by atoms with Gasteiger partial charge in [-0.3, -0.25) is 0 Å². The van der Waals surface area contributed by atoms with Crippen LogP contribution in [0.15, 0.2) is 30.3 Å². The van der Waals surface area contributed by atoms with Gasteiger partial charge in [0.25, 0.3) is 0 Å². The zero-order chi connectivity index (χ0) is 20.6. The standard InChI is InChI=1S/C22H28N4O4/c1-22(2)29-15-17(30-22)14-28-20-18-8-9-26(16-6-4-3-5-7-16)19(18)23-21(24-20)25-10-12-27-13-11-25/h3-7,17H,8-15H2,1-2H3. The molecule has 0 N–H and O–H groups in total. The molecule has 2 saturated heterocycles. The van der Waals surface area contributed by atoms with Crippen molar-refractivity contribution in [1.29, 1.82) is 0 Å². The van der Waals surface area contributed by atoms with E-state index in [1.807, 2.05) is 32.0 Å². The van der Waals surface area contributed by atoms with Crippen LogP contribution in [0.2, 0.25) is 0 Å². The van der Waals surface area contributed by atoms with Crippen LogP contribution in [0.5, 0.6) is 5.88 Å². The van der Waals surface area contributed by atoms with Crippen LogP contribution in [0.4, 0.5) is 17.5 Å². The minimum absolute atomic E-state index is 0.107. The molecule has 0 amide bonds. The predicted octanol–water partition coefficient (Wildman–Crippen LogP) is 2.54. The van der Waals surface area contributed by atoms with Crippen LogP contribution in [0.25, 0.3) is 0 Å². The van der Waals surface area contributed by atoms with Gasteiger partial charge in [0.1, 0.15) is 18.5 Å². The first-order valence-corrected chi connectivity index (χ1v) is 10.6. The van der Waals surface area contributed by atoms with Crippen molar-refractivity contribution in [3.05, 3.63) is 35.9 Å². The van der Waals surface area contributed by atoms with Crippen molar-refractivity contribution < 1.29 is 18.9 Å². The number of ether oxygens (including phenoxy) is 4. The Morgan fingerprint density at radius 2 is 1.90 bits per heavy atom. The Hall–Kier alpha value is -2.42. The predicted molar refractivity (Wildman–Crippen MR) is 113 cm³/mol. The molecular weight excluding hydrogens is 384 g/mol. The lowest BCUT2D eigenvalue weighted by Crippen LogP contribution is -2.37. The second kappa shape index (κ2) is 8.02. The zero-order valence-electron chi connectivity index (χ0n) is 17.5. The molecular formula is C22H28N4O4. The van der Waals surface area contributed by atoms with Gasteiger partial charge in [0.05, 0.1) is 25.4 Å². The minimum Gasteiger partial charge on any atom is -0.474 e. The van der Waals surface area contributed by atoms with Gasteiger partial charge in [-0.15, -0.1) is 0 Å². The molecule has 0 saturated carbocycles. The van der Waals surface area contributed by atoms with Gasteiger partial charge in [0.2, 0.25) is 11.8 Å². The molecule has 4 heterocycles. The van der Waals surface area contributed by atoms with E-state index in [1.54, 1.807) is 0 Å². The quantitative estimate of drug-likeness (QED) is 0.742. The lowest BCUT2D eigenvalue weighted by molar-refractivity contribution is -0.141. The van der Waals surface area contributed by atoms with Crippen LogP contribution in [0, 0.1) is 0 Å². The fraction of sp³-hybridized carbons (Fsp3) is 0.545. The van der Waals surface area contributed by atoms with Gasteiger partial charge in [-0.2, -0.15) is 9.97 Å². The van der Waals surface area contributed by atoms with Crippen molar-refractivity contribution in [2.24, 2.45) is 0 Å². The fourth-order valence-corrected chi connectivity index (χ4v) is 4.11. The summed E-state index contributed by atoms with van der Waals surface area (Å²) in [5.74, 6) is 1.70. The molecule has 2 aromatic rings. The monoisotopic (exact) mass is 412 g/mol. The molecule has 0 radical (unpaired) electrons. The first-order chi connectivity index (χ1) is 14.6. The third-order valence-corrected chi connectivity index (χ3v) is 5.61. The number of rotatable bonds is 5. The smallest absolute Gasteiger partial charge is 0.230 e. The zero-order valence-corrected chi connectivity index (χ0v) is 17.5. The highest BCUT2D eigenvalue weighted by Gasteiger charge is 2.34. The summed E-state index contributed by atoms with van der Waals surface area (Å²) in [5, 5.41) is 0. The Morgan fingerprint density at radius 3 is 2.63 bits per heavy atom. The fourth-order valence-electron chi connectivity index (χ4n) is 4.11. The van der Waals surface area contributed by atoms with Gasteiger partial charge in [-0.1, -0.05) is 18.2 Å². The van der Waals surface area contributed by atoms with Crippen molar-refractivity contribution in [3.63, 3.8) is 0 Å². The third kappa shape index (κ3) is 3.95. The van der Waals surface area contributed by atoms with Gasteiger partial charge in [0, 0.05) is 25.3 Å². The van der Waals surface area contributed by atoms with Crippen LogP contribution >= 0.6 is 0 Å². The number of para-hydroxylation sites is 1. The average molecular weight is 412 g/mol. The maximum absolute atomic E-state index is 6.20. The highest BCUT2D eigenvalue weighted by molar-refractivity contribution is 5.69. The van der Waals surface area contributed by atoms with Gasteiger partial charge in [-0.25, -0.2) is 0 Å². The average Bonchev–Trinajstić information content (AvgIpc) is 3.36. The molecule has 3 aliphatic heterocycles. The number of hydrogen-bond acceptors (Lipinski definition) is 8. The van der Waals surface area contributed by atoms with Crippen molar-refractivity contribution in [2.75, 3.05) is 55.9 Å². The van der Waals surface area contributed by atoms with E-state index in [-0.39, 0.29) is 6.10 Å². The second-order valence-electron chi connectivity index (χ2n) is 8.23. The van der Waals surface area contributed by atoms with Gasteiger partial charge >= 0.3 is 0 Å². The molecule has 8 heteroatoms. The molecule has 0 spiro atoms. The molecule has 1 atom stereocenters. The Labute approximate surface area is 176 Å². The van der Waals surface area contributed by atoms with E-state index in [1.165, 1.54) is 0 Å². The Bertz CT molecular complexity index is 886. The summed E-state index contributed by atoms with van der Waals surface area (Å²) in [4.78, 5) is 14.2. The summed E-state index contributed by atoms with van der Waals surface area (Å²) in [5.41, 5.74) is 2.18. The normalized spacial score (nSPS) is 22.9. The number of fused-ring (bicyclic) bond motifs is 1. The van der Waals surface area contributed by atoms with E-state index in [0.29, 0.717) is 38.3 Å². The molecule has 2 fully saturated rings. The maximum Gasteiger partial charge on any atom is 0.230 e. The van der Waals surface area contributed by atoms with Crippen LogP contribution in [0.1, 0.15) is 19.4 Å². The summed E-state index contributed by atoms with van der Waals surface area (Å²) < 4.78 is 23.3. The number of nitrogens with zero attached hydrogens (tertiary/aromatic N) is 4. The molecule has 8 nitrogen and oxygen atoms in total. The lowest BCUT2D eigenvalue weighted by Gasteiger charge is -2.28. The number of benzene rings is 1. The molecule has 0 aliphatic carbocycles. The van der Waals surface area contributed by atoms with Crippen LogP contribution in [0.3, 0.4) is 0 Å². The number of morpholine rings is 1. The second-order valence-corrected chi connectivity index (χ2v) is 8.23.